The van der Waals surface area contributed by atoms with Crippen molar-refractivity contribution in [1.82, 2.24) is 9.80 Å². The predicted molar refractivity (Wildman–Crippen MR) is 135 cm³/mol. The van der Waals surface area contributed by atoms with Gasteiger partial charge in [-0.15, -0.1) is 0 Å². The van der Waals surface area contributed by atoms with Crippen LogP contribution in [0.15, 0.2) is 53.6 Å². The van der Waals surface area contributed by atoms with Crippen LogP contribution in [0.2, 0.25) is 0 Å². The zero-order valence-electron chi connectivity index (χ0n) is 19.5. The highest BCUT2D eigenvalue weighted by atomic mass is 32.2. The number of hydrogen-bond acceptors (Lipinski definition) is 6. The largest absolute Gasteiger partial charge is 0.497 e. The van der Waals surface area contributed by atoms with Crippen LogP contribution in [0.5, 0.6) is 11.5 Å². The highest BCUT2D eigenvalue weighted by Gasteiger charge is 2.29. The summed E-state index contributed by atoms with van der Waals surface area (Å²) in [6.45, 7) is 4.38. The summed E-state index contributed by atoms with van der Waals surface area (Å²) in [5, 5.41) is 1.24. The third-order valence-corrected chi connectivity index (χ3v) is 7.94. The summed E-state index contributed by atoms with van der Waals surface area (Å²) in [4.78, 5) is 10.1. The molecule has 2 heterocycles. The fraction of sp³-hybridized carbons (Fsp3) is 0.577. The summed E-state index contributed by atoms with van der Waals surface area (Å²) in [5.74, 6) is 3.51. The maximum absolute atomic E-state index is 5.83. The lowest BCUT2D eigenvalue weighted by Gasteiger charge is -2.39. The number of methoxy groups -OCH3 is 1. The Balaban J connectivity index is 1.09. The van der Waals surface area contributed by atoms with Gasteiger partial charge in [-0.3, -0.25) is 4.99 Å². The number of benzene rings is 1. The number of amidine groups is 1. The Kier molecular flexibility index (Phi) is 8.57. The predicted octanol–water partition coefficient (Wildman–Crippen LogP) is 4.85. The molecule has 1 aliphatic carbocycles. The molecule has 1 aromatic carbocycles. The van der Waals surface area contributed by atoms with E-state index in [-0.39, 0.29) is 0 Å². The summed E-state index contributed by atoms with van der Waals surface area (Å²) < 4.78 is 11.0. The average molecular weight is 456 g/mol. The quantitative estimate of drug-likeness (QED) is 0.498. The van der Waals surface area contributed by atoms with E-state index in [4.69, 9.17) is 14.5 Å². The maximum Gasteiger partial charge on any atom is 0.159 e. The number of rotatable bonds is 9. The normalized spacial score (nSPS) is 23.5. The van der Waals surface area contributed by atoms with Gasteiger partial charge >= 0.3 is 0 Å². The average Bonchev–Trinajstić information content (AvgIpc) is 2.86. The lowest BCUT2D eigenvalue weighted by molar-refractivity contribution is 0.163. The number of allylic oxidation sites excluding steroid dienone is 2. The molecule has 0 amide bonds. The van der Waals surface area contributed by atoms with E-state index >= 15 is 0 Å². The fourth-order valence-corrected chi connectivity index (χ4v) is 5.82. The molecule has 2 atom stereocenters. The van der Waals surface area contributed by atoms with Gasteiger partial charge in [0.05, 0.1) is 19.8 Å². The van der Waals surface area contributed by atoms with Gasteiger partial charge < -0.3 is 19.3 Å². The standard InChI is InChI=1S/C26H37N3O2S/c1-28(26-27-25-9-5-4-8-21(25)20-32-26)22-14-17-29(18-15-22)16-6-3-7-19-31-24-12-10-23(30-2)11-13-24/h4-5,8-13,21-22,25H,3,6-7,14-20H2,1-2H3. The van der Waals surface area contributed by atoms with Gasteiger partial charge in [-0.05, 0) is 62.9 Å². The number of hydrogen-bond donors (Lipinski definition) is 0. The first-order valence-electron chi connectivity index (χ1n) is 12.0. The number of unbranched alkanes of at least 4 members (excludes halogenated alkanes) is 2. The van der Waals surface area contributed by atoms with E-state index in [9.17, 15) is 0 Å². The number of nitrogens with zero attached hydrogens (tertiary/aromatic N) is 3. The molecule has 3 aliphatic rings. The second-order valence-electron chi connectivity index (χ2n) is 8.92. The number of fused-ring (bicyclic) bond motifs is 1. The van der Waals surface area contributed by atoms with Gasteiger partial charge in [0, 0.05) is 37.8 Å². The molecule has 1 aromatic rings. The van der Waals surface area contributed by atoms with Gasteiger partial charge in [0.25, 0.3) is 0 Å². The molecule has 2 aliphatic heterocycles. The minimum atomic E-state index is 0.340. The molecule has 6 heteroatoms. The Morgan fingerprint density at radius 1 is 1.03 bits per heavy atom. The Morgan fingerprint density at radius 3 is 2.56 bits per heavy atom. The van der Waals surface area contributed by atoms with Crippen LogP contribution < -0.4 is 9.47 Å². The molecule has 4 rings (SSSR count). The second kappa shape index (κ2) is 11.8. The first-order valence-corrected chi connectivity index (χ1v) is 13.0. The smallest absolute Gasteiger partial charge is 0.159 e. The first kappa shape index (κ1) is 23.2. The Labute approximate surface area is 197 Å². The highest BCUT2D eigenvalue weighted by Crippen LogP contribution is 2.30. The van der Waals surface area contributed by atoms with Crippen molar-refractivity contribution in [2.24, 2.45) is 10.9 Å². The molecule has 0 saturated carbocycles. The van der Waals surface area contributed by atoms with Crippen molar-refractivity contribution in [2.45, 2.75) is 44.2 Å². The second-order valence-corrected chi connectivity index (χ2v) is 9.90. The fourth-order valence-electron chi connectivity index (χ4n) is 4.63. The van der Waals surface area contributed by atoms with Crippen LogP contribution in [-0.4, -0.2) is 73.2 Å². The van der Waals surface area contributed by atoms with Crippen LogP contribution in [0.4, 0.5) is 0 Å². The first-order chi connectivity index (χ1) is 15.7. The molecule has 0 aromatic heterocycles. The molecule has 0 N–H and O–H groups in total. The van der Waals surface area contributed by atoms with Crippen LogP contribution in [0.25, 0.3) is 0 Å². The van der Waals surface area contributed by atoms with Crippen LogP contribution in [-0.2, 0) is 0 Å². The minimum absolute atomic E-state index is 0.340. The number of ether oxygens (including phenoxy) is 2. The zero-order chi connectivity index (χ0) is 22.2. The van der Waals surface area contributed by atoms with E-state index < -0.39 is 0 Å². The van der Waals surface area contributed by atoms with E-state index in [0.717, 1.165) is 30.3 Å². The number of piperidine rings is 1. The number of aliphatic imine (C=N–C) groups is 1. The van der Waals surface area contributed by atoms with Crippen molar-refractivity contribution in [2.75, 3.05) is 46.2 Å². The Hall–Kier alpha value is -1.92. The molecule has 0 spiro atoms. The van der Waals surface area contributed by atoms with E-state index in [1.165, 1.54) is 50.5 Å². The molecule has 0 radical (unpaired) electrons. The minimum Gasteiger partial charge on any atom is -0.497 e. The molecule has 32 heavy (non-hydrogen) atoms. The van der Waals surface area contributed by atoms with Crippen molar-refractivity contribution < 1.29 is 9.47 Å². The molecular weight excluding hydrogens is 418 g/mol. The third kappa shape index (κ3) is 6.32. The van der Waals surface area contributed by atoms with Crippen LogP contribution in [0.1, 0.15) is 32.1 Å². The van der Waals surface area contributed by atoms with E-state index in [2.05, 4.69) is 41.2 Å². The monoisotopic (exact) mass is 455 g/mol. The van der Waals surface area contributed by atoms with Crippen LogP contribution >= 0.6 is 11.8 Å². The van der Waals surface area contributed by atoms with E-state index in [0.29, 0.717) is 18.0 Å². The lowest BCUT2D eigenvalue weighted by Crippen LogP contribution is -2.46. The van der Waals surface area contributed by atoms with Crippen molar-refractivity contribution in [3.8, 4) is 11.5 Å². The lowest BCUT2D eigenvalue weighted by atomic mass is 9.97. The van der Waals surface area contributed by atoms with Crippen molar-refractivity contribution >= 4 is 16.9 Å². The van der Waals surface area contributed by atoms with Gasteiger partial charge in [-0.25, -0.2) is 0 Å². The highest BCUT2D eigenvalue weighted by molar-refractivity contribution is 8.13. The van der Waals surface area contributed by atoms with Crippen molar-refractivity contribution in [1.29, 1.82) is 0 Å². The number of likely N-dealkylation sites (tertiary alicyclic amines) is 1. The van der Waals surface area contributed by atoms with Gasteiger partial charge in [-0.1, -0.05) is 36.1 Å². The SMILES string of the molecule is COc1ccc(OCCCCCN2CCC(N(C)C3=NC4C=CC=CC4CS3)CC2)cc1. The molecule has 1 saturated heterocycles. The number of thioether (sulfide) groups is 1. The molecule has 1 fully saturated rings. The molecule has 174 valence electrons. The summed E-state index contributed by atoms with van der Waals surface area (Å²) in [6, 6.07) is 8.79. The van der Waals surface area contributed by atoms with Crippen LogP contribution in [0.3, 0.4) is 0 Å². The Morgan fingerprint density at radius 2 is 1.78 bits per heavy atom. The zero-order valence-corrected chi connectivity index (χ0v) is 20.3. The van der Waals surface area contributed by atoms with Crippen molar-refractivity contribution in [3.05, 3.63) is 48.6 Å². The van der Waals surface area contributed by atoms with Crippen LogP contribution in [0, 0.1) is 5.92 Å². The molecule has 2 unspecified atom stereocenters. The summed E-state index contributed by atoms with van der Waals surface area (Å²) in [7, 11) is 3.93. The Bertz CT molecular complexity index is 800. The molecule has 5 nitrogen and oxygen atoms in total. The summed E-state index contributed by atoms with van der Waals surface area (Å²) in [5.41, 5.74) is 0. The van der Waals surface area contributed by atoms with Gasteiger partial charge in [-0.2, -0.15) is 0 Å². The van der Waals surface area contributed by atoms with E-state index in [1.54, 1.807) is 7.11 Å². The van der Waals surface area contributed by atoms with Gasteiger partial charge in [0.1, 0.15) is 11.5 Å². The van der Waals surface area contributed by atoms with E-state index in [1.807, 2.05) is 36.0 Å². The maximum atomic E-state index is 5.83. The summed E-state index contributed by atoms with van der Waals surface area (Å²) >= 11 is 1.93. The third-order valence-electron chi connectivity index (χ3n) is 6.73. The molecule has 0 bridgehead atoms. The van der Waals surface area contributed by atoms with Crippen molar-refractivity contribution in [3.63, 3.8) is 0 Å². The topological polar surface area (TPSA) is 37.3 Å². The van der Waals surface area contributed by atoms with Gasteiger partial charge in [0.2, 0.25) is 0 Å². The summed E-state index contributed by atoms with van der Waals surface area (Å²) in [6.07, 6.45) is 14.9. The van der Waals surface area contributed by atoms with Gasteiger partial charge in [0.15, 0.2) is 5.17 Å². The molecular formula is C26H37N3O2S.